The summed E-state index contributed by atoms with van der Waals surface area (Å²) in [7, 11) is 0. The van der Waals surface area contributed by atoms with Crippen molar-refractivity contribution in [2.45, 2.75) is 46.5 Å². The first-order chi connectivity index (χ1) is 9.13. The van der Waals surface area contributed by atoms with E-state index >= 15 is 0 Å². The standard InChI is InChI=1S/C16H26N2O/c1-4-5-6-10-18-16(19)9-11-17-15-8-7-13(2)12-14(15)3/h7-8,12,17H,4-6,9-11H2,1-3H3,(H,18,19). The zero-order valence-electron chi connectivity index (χ0n) is 12.4. The Morgan fingerprint density at radius 2 is 1.95 bits per heavy atom. The number of carbonyl (C=O) groups excluding carboxylic acids is 1. The molecule has 0 aliphatic carbocycles. The van der Waals surface area contributed by atoms with Crippen LogP contribution in [0.5, 0.6) is 0 Å². The highest BCUT2D eigenvalue weighted by molar-refractivity contribution is 5.76. The van der Waals surface area contributed by atoms with Crippen LogP contribution in [0.15, 0.2) is 18.2 Å². The highest BCUT2D eigenvalue weighted by atomic mass is 16.1. The van der Waals surface area contributed by atoms with Crippen LogP contribution in [0.2, 0.25) is 0 Å². The number of anilines is 1. The Labute approximate surface area is 116 Å². The van der Waals surface area contributed by atoms with Crippen LogP contribution in [0.1, 0.15) is 43.7 Å². The van der Waals surface area contributed by atoms with Crippen LogP contribution in [0, 0.1) is 13.8 Å². The topological polar surface area (TPSA) is 41.1 Å². The fraction of sp³-hybridized carbons (Fsp3) is 0.562. The Morgan fingerprint density at radius 3 is 2.63 bits per heavy atom. The van der Waals surface area contributed by atoms with Crippen molar-refractivity contribution in [3.8, 4) is 0 Å². The minimum absolute atomic E-state index is 0.133. The zero-order chi connectivity index (χ0) is 14.1. The third-order valence-corrected chi connectivity index (χ3v) is 3.15. The van der Waals surface area contributed by atoms with Crippen LogP contribution in [-0.4, -0.2) is 19.0 Å². The van der Waals surface area contributed by atoms with Crippen molar-refractivity contribution in [2.24, 2.45) is 0 Å². The average Bonchev–Trinajstić information content (AvgIpc) is 2.37. The molecule has 3 heteroatoms. The van der Waals surface area contributed by atoms with E-state index in [9.17, 15) is 4.79 Å². The van der Waals surface area contributed by atoms with Crippen LogP contribution >= 0.6 is 0 Å². The Bertz CT molecular complexity index is 402. The molecule has 0 radical (unpaired) electrons. The first-order valence-corrected chi connectivity index (χ1v) is 7.21. The number of benzene rings is 1. The molecule has 1 aromatic carbocycles. The van der Waals surface area contributed by atoms with E-state index in [2.05, 4.69) is 49.6 Å². The second-order valence-corrected chi connectivity index (χ2v) is 5.05. The number of carbonyl (C=O) groups is 1. The summed E-state index contributed by atoms with van der Waals surface area (Å²) in [4.78, 5) is 11.6. The van der Waals surface area contributed by atoms with E-state index in [0.29, 0.717) is 13.0 Å². The molecule has 106 valence electrons. The average molecular weight is 262 g/mol. The summed E-state index contributed by atoms with van der Waals surface area (Å²) in [5, 5.41) is 6.26. The van der Waals surface area contributed by atoms with E-state index in [1.807, 2.05) is 0 Å². The number of hydrogen-bond donors (Lipinski definition) is 2. The van der Waals surface area contributed by atoms with Gasteiger partial charge in [-0.15, -0.1) is 0 Å². The van der Waals surface area contributed by atoms with Gasteiger partial charge in [0.2, 0.25) is 5.91 Å². The highest BCUT2D eigenvalue weighted by Crippen LogP contribution is 2.15. The maximum Gasteiger partial charge on any atom is 0.221 e. The Morgan fingerprint density at radius 1 is 1.16 bits per heavy atom. The van der Waals surface area contributed by atoms with E-state index in [1.54, 1.807) is 0 Å². The lowest BCUT2D eigenvalue weighted by Gasteiger charge is -2.10. The molecule has 0 spiro atoms. The molecule has 0 bridgehead atoms. The van der Waals surface area contributed by atoms with Gasteiger partial charge in [-0.25, -0.2) is 0 Å². The number of aryl methyl sites for hydroxylation is 2. The van der Waals surface area contributed by atoms with Crippen molar-refractivity contribution < 1.29 is 4.79 Å². The minimum atomic E-state index is 0.133. The van der Waals surface area contributed by atoms with Gasteiger partial charge in [-0.1, -0.05) is 37.5 Å². The largest absolute Gasteiger partial charge is 0.384 e. The molecule has 0 aromatic heterocycles. The van der Waals surface area contributed by atoms with Crippen LogP contribution < -0.4 is 10.6 Å². The van der Waals surface area contributed by atoms with Crippen molar-refractivity contribution in [3.63, 3.8) is 0 Å². The Hall–Kier alpha value is -1.51. The molecular weight excluding hydrogens is 236 g/mol. The molecule has 0 fully saturated rings. The second kappa shape index (κ2) is 8.57. The summed E-state index contributed by atoms with van der Waals surface area (Å²) in [6.45, 7) is 7.82. The molecule has 0 saturated carbocycles. The molecule has 0 aliphatic rings. The van der Waals surface area contributed by atoms with Gasteiger partial charge in [-0.3, -0.25) is 4.79 Å². The summed E-state index contributed by atoms with van der Waals surface area (Å²) >= 11 is 0. The summed E-state index contributed by atoms with van der Waals surface area (Å²) in [5.41, 5.74) is 3.60. The lowest BCUT2D eigenvalue weighted by atomic mass is 10.1. The van der Waals surface area contributed by atoms with Gasteiger partial charge in [0.1, 0.15) is 0 Å². The molecule has 1 amide bonds. The van der Waals surface area contributed by atoms with Crippen LogP contribution in [0.3, 0.4) is 0 Å². The van der Waals surface area contributed by atoms with Crippen molar-refractivity contribution in [3.05, 3.63) is 29.3 Å². The second-order valence-electron chi connectivity index (χ2n) is 5.05. The Kier molecular flexibility index (Phi) is 7.01. The van der Waals surface area contributed by atoms with Crippen LogP contribution in [0.25, 0.3) is 0 Å². The molecule has 1 aromatic rings. The van der Waals surface area contributed by atoms with E-state index in [1.165, 1.54) is 24.0 Å². The molecule has 0 aliphatic heterocycles. The van der Waals surface area contributed by atoms with Crippen molar-refractivity contribution >= 4 is 11.6 Å². The van der Waals surface area contributed by atoms with E-state index in [4.69, 9.17) is 0 Å². The smallest absolute Gasteiger partial charge is 0.221 e. The van der Waals surface area contributed by atoms with Gasteiger partial charge in [0.25, 0.3) is 0 Å². The normalized spacial score (nSPS) is 10.3. The number of nitrogens with one attached hydrogen (secondary N) is 2. The molecule has 0 unspecified atom stereocenters. The van der Waals surface area contributed by atoms with Crippen molar-refractivity contribution in [2.75, 3.05) is 18.4 Å². The lowest BCUT2D eigenvalue weighted by Crippen LogP contribution is -2.26. The highest BCUT2D eigenvalue weighted by Gasteiger charge is 2.01. The molecule has 0 atom stereocenters. The molecule has 0 heterocycles. The SMILES string of the molecule is CCCCCNC(=O)CCNc1ccc(C)cc1C. The van der Waals surface area contributed by atoms with Gasteiger partial charge < -0.3 is 10.6 Å². The maximum absolute atomic E-state index is 11.6. The van der Waals surface area contributed by atoms with Crippen LogP contribution in [0.4, 0.5) is 5.69 Å². The predicted molar refractivity (Wildman–Crippen MR) is 81.6 cm³/mol. The van der Waals surface area contributed by atoms with E-state index in [0.717, 1.165) is 18.7 Å². The quantitative estimate of drug-likeness (QED) is 0.705. The van der Waals surface area contributed by atoms with Crippen molar-refractivity contribution in [1.82, 2.24) is 5.32 Å². The van der Waals surface area contributed by atoms with Crippen LogP contribution in [-0.2, 0) is 4.79 Å². The molecule has 1 rings (SSSR count). The van der Waals surface area contributed by atoms with E-state index in [-0.39, 0.29) is 5.91 Å². The van der Waals surface area contributed by atoms with Gasteiger partial charge in [0, 0.05) is 25.2 Å². The van der Waals surface area contributed by atoms with Gasteiger partial charge in [0.05, 0.1) is 0 Å². The third kappa shape index (κ3) is 6.27. The monoisotopic (exact) mass is 262 g/mol. The molecule has 19 heavy (non-hydrogen) atoms. The molecule has 2 N–H and O–H groups in total. The minimum Gasteiger partial charge on any atom is -0.384 e. The van der Waals surface area contributed by atoms with Gasteiger partial charge in [0.15, 0.2) is 0 Å². The fourth-order valence-electron chi connectivity index (χ4n) is 2.01. The van der Waals surface area contributed by atoms with Gasteiger partial charge >= 0.3 is 0 Å². The molecule has 0 saturated heterocycles. The molecule has 3 nitrogen and oxygen atoms in total. The Balaban J connectivity index is 2.20. The molecular formula is C16H26N2O. The van der Waals surface area contributed by atoms with E-state index < -0.39 is 0 Å². The first-order valence-electron chi connectivity index (χ1n) is 7.21. The number of amides is 1. The summed E-state index contributed by atoms with van der Waals surface area (Å²) in [6, 6.07) is 6.30. The predicted octanol–water partition coefficient (Wildman–Crippen LogP) is 3.41. The third-order valence-electron chi connectivity index (χ3n) is 3.15. The summed E-state index contributed by atoms with van der Waals surface area (Å²) in [5.74, 6) is 0.133. The summed E-state index contributed by atoms with van der Waals surface area (Å²) < 4.78 is 0. The fourth-order valence-corrected chi connectivity index (χ4v) is 2.01. The number of hydrogen-bond acceptors (Lipinski definition) is 2. The van der Waals surface area contributed by atoms with Gasteiger partial charge in [-0.05, 0) is 31.9 Å². The number of unbranched alkanes of at least 4 members (excludes halogenated alkanes) is 2. The maximum atomic E-state index is 11.6. The zero-order valence-corrected chi connectivity index (χ0v) is 12.4. The van der Waals surface area contributed by atoms with Crippen molar-refractivity contribution in [1.29, 1.82) is 0 Å². The number of rotatable bonds is 8. The summed E-state index contributed by atoms with van der Waals surface area (Å²) in [6.07, 6.45) is 3.97. The van der Waals surface area contributed by atoms with Gasteiger partial charge in [-0.2, -0.15) is 0 Å². The first kappa shape index (κ1) is 15.5. The lowest BCUT2D eigenvalue weighted by molar-refractivity contribution is -0.120.